The molecule has 1 fully saturated rings. The van der Waals surface area contributed by atoms with E-state index in [2.05, 4.69) is 31.0 Å². The predicted octanol–water partition coefficient (Wildman–Crippen LogP) is 1.03. The molecule has 0 spiro atoms. The van der Waals surface area contributed by atoms with Crippen molar-refractivity contribution in [1.29, 1.82) is 0 Å². The minimum atomic E-state index is -0.221. The molecule has 0 aromatic carbocycles. The fourth-order valence-electron chi connectivity index (χ4n) is 2.69. The Morgan fingerprint density at radius 1 is 1.58 bits per heavy atom. The molecule has 0 bridgehead atoms. The molecule has 1 heterocycles. The first-order valence-corrected chi connectivity index (χ1v) is 7.12. The van der Waals surface area contributed by atoms with Gasteiger partial charge in [0.15, 0.2) is 0 Å². The molecule has 0 amide bonds. The highest BCUT2D eigenvalue weighted by molar-refractivity contribution is 5.75. The van der Waals surface area contributed by atoms with Crippen molar-refractivity contribution >= 4 is 5.97 Å². The summed E-state index contributed by atoms with van der Waals surface area (Å²) in [5, 5.41) is 3.03. The first-order chi connectivity index (χ1) is 8.88. The van der Waals surface area contributed by atoms with E-state index in [9.17, 15) is 4.79 Å². The fourth-order valence-corrected chi connectivity index (χ4v) is 2.69. The van der Waals surface area contributed by atoms with Crippen LogP contribution in [0.2, 0.25) is 0 Å². The SMILES string of the molecule is CCOC(=O)C(CCN1CC(C)OC(C)(C)C1)NC. The molecule has 1 N–H and O–H groups in total. The van der Waals surface area contributed by atoms with E-state index in [4.69, 9.17) is 9.47 Å². The molecular weight excluding hydrogens is 244 g/mol. The van der Waals surface area contributed by atoms with Crippen molar-refractivity contribution in [1.82, 2.24) is 10.2 Å². The molecule has 5 nitrogen and oxygen atoms in total. The summed E-state index contributed by atoms with van der Waals surface area (Å²) in [6.45, 7) is 11.3. The van der Waals surface area contributed by atoms with Crippen LogP contribution in [0.25, 0.3) is 0 Å². The third-order valence-corrected chi connectivity index (χ3v) is 3.29. The van der Waals surface area contributed by atoms with Crippen molar-refractivity contribution in [2.75, 3.05) is 33.3 Å². The molecule has 1 aliphatic rings. The molecule has 112 valence electrons. The number of carbonyl (C=O) groups is 1. The molecule has 19 heavy (non-hydrogen) atoms. The Balaban J connectivity index is 2.44. The van der Waals surface area contributed by atoms with Crippen molar-refractivity contribution in [3.05, 3.63) is 0 Å². The van der Waals surface area contributed by atoms with Gasteiger partial charge in [-0.15, -0.1) is 0 Å². The Kier molecular flexibility index (Phi) is 6.23. The molecule has 2 atom stereocenters. The number of ether oxygens (including phenoxy) is 2. The summed E-state index contributed by atoms with van der Waals surface area (Å²) in [7, 11) is 1.80. The van der Waals surface area contributed by atoms with E-state index in [1.54, 1.807) is 7.05 Å². The Hall–Kier alpha value is -0.650. The van der Waals surface area contributed by atoms with Gasteiger partial charge in [-0.1, -0.05) is 0 Å². The summed E-state index contributed by atoms with van der Waals surface area (Å²) in [6, 6.07) is -0.221. The van der Waals surface area contributed by atoms with Gasteiger partial charge >= 0.3 is 5.97 Å². The second-order valence-electron chi connectivity index (χ2n) is 5.81. The van der Waals surface area contributed by atoms with Crippen LogP contribution < -0.4 is 5.32 Å². The van der Waals surface area contributed by atoms with Gasteiger partial charge < -0.3 is 14.8 Å². The molecule has 0 radical (unpaired) electrons. The Labute approximate surface area is 116 Å². The van der Waals surface area contributed by atoms with Gasteiger partial charge in [0.25, 0.3) is 0 Å². The lowest BCUT2D eigenvalue weighted by atomic mass is 10.0. The normalized spacial score (nSPS) is 25.0. The third kappa shape index (κ3) is 5.47. The molecule has 1 rings (SSSR count). The van der Waals surface area contributed by atoms with Crippen LogP contribution in [0.1, 0.15) is 34.1 Å². The lowest BCUT2D eigenvalue weighted by molar-refractivity contribution is -0.146. The quantitative estimate of drug-likeness (QED) is 0.732. The minimum Gasteiger partial charge on any atom is -0.465 e. The van der Waals surface area contributed by atoms with Crippen molar-refractivity contribution in [2.24, 2.45) is 0 Å². The molecule has 0 aromatic heterocycles. The molecule has 1 aliphatic heterocycles. The smallest absolute Gasteiger partial charge is 0.323 e. The number of morpholine rings is 1. The minimum absolute atomic E-state index is 0.114. The molecule has 5 heteroatoms. The fraction of sp³-hybridized carbons (Fsp3) is 0.929. The largest absolute Gasteiger partial charge is 0.465 e. The van der Waals surface area contributed by atoms with Crippen LogP contribution in [0.3, 0.4) is 0 Å². The lowest BCUT2D eigenvalue weighted by Crippen LogP contribution is -2.52. The number of esters is 1. The molecule has 2 unspecified atom stereocenters. The van der Waals surface area contributed by atoms with Gasteiger partial charge in [-0.05, 0) is 41.2 Å². The maximum Gasteiger partial charge on any atom is 0.323 e. The van der Waals surface area contributed by atoms with Gasteiger partial charge in [0, 0.05) is 19.6 Å². The van der Waals surface area contributed by atoms with E-state index in [1.807, 2.05) is 6.92 Å². The zero-order valence-corrected chi connectivity index (χ0v) is 12.9. The molecule has 0 aromatic rings. The highest BCUT2D eigenvalue weighted by Gasteiger charge is 2.31. The molecular formula is C14H28N2O3. The van der Waals surface area contributed by atoms with Gasteiger partial charge in [-0.2, -0.15) is 0 Å². The van der Waals surface area contributed by atoms with Crippen LogP contribution >= 0.6 is 0 Å². The van der Waals surface area contributed by atoms with Crippen LogP contribution in [0.15, 0.2) is 0 Å². The second-order valence-corrected chi connectivity index (χ2v) is 5.81. The average Bonchev–Trinajstić information content (AvgIpc) is 2.27. The first-order valence-electron chi connectivity index (χ1n) is 7.12. The summed E-state index contributed by atoms with van der Waals surface area (Å²) < 4.78 is 10.9. The zero-order valence-electron chi connectivity index (χ0n) is 12.9. The van der Waals surface area contributed by atoms with Gasteiger partial charge in [0.05, 0.1) is 18.3 Å². The topological polar surface area (TPSA) is 50.8 Å². The molecule has 0 saturated carbocycles. The van der Waals surface area contributed by atoms with Crippen molar-refractivity contribution in [3.8, 4) is 0 Å². The highest BCUT2D eigenvalue weighted by Crippen LogP contribution is 2.20. The Morgan fingerprint density at radius 3 is 2.79 bits per heavy atom. The third-order valence-electron chi connectivity index (χ3n) is 3.29. The average molecular weight is 272 g/mol. The van der Waals surface area contributed by atoms with Crippen LogP contribution in [0.5, 0.6) is 0 Å². The van der Waals surface area contributed by atoms with E-state index in [1.165, 1.54) is 0 Å². The lowest BCUT2D eigenvalue weighted by Gasteiger charge is -2.42. The van der Waals surface area contributed by atoms with Crippen molar-refractivity contribution < 1.29 is 14.3 Å². The zero-order chi connectivity index (χ0) is 14.5. The maximum absolute atomic E-state index is 11.7. The molecule has 0 aliphatic carbocycles. The van der Waals surface area contributed by atoms with E-state index < -0.39 is 0 Å². The summed E-state index contributed by atoms with van der Waals surface area (Å²) in [4.78, 5) is 14.1. The number of rotatable bonds is 6. The second kappa shape index (κ2) is 7.22. The van der Waals surface area contributed by atoms with Gasteiger partial charge in [0.2, 0.25) is 0 Å². The van der Waals surface area contributed by atoms with E-state index in [-0.39, 0.29) is 23.7 Å². The summed E-state index contributed by atoms with van der Waals surface area (Å²) in [6.07, 6.45) is 0.998. The van der Waals surface area contributed by atoms with E-state index in [0.29, 0.717) is 6.61 Å². The van der Waals surface area contributed by atoms with Crippen LogP contribution in [-0.4, -0.2) is 61.9 Å². The van der Waals surface area contributed by atoms with E-state index in [0.717, 1.165) is 26.1 Å². The van der Waals surface area contributed by atoms with Crippen LogP contribution in [-0.2, 0) is 14.3 Å². The standard InChI is InChI=1S/C14H28N2O3/c1-6-18-13(17)12(15-5)7-8-16-9-11(2)19-14(3,4)10-16/h11-12,15H,6-10H2,1-5H3. The van der Waals surface area contributed by atoms with Crippen molar-refractivity contribution in [2.45, 2.75) is 51.9 Å². The number of nitrogens with one attached hydrogen (secondary N) is 1. The number of hydrogen-bond donors (Lipinski definition) is 1. The Morgan fingerprint density at radius 2 is 2.26 bits per heavy atom. The summed E-state index contributed by atoms with van der Waals surface area (Å²) >= 11 is 0. The van der Waals surface area contributed by atoms with Gasteiger partial charge in [-0.3, -0.25) is 9.69 Å². The number of nitrogens with zero attached hydrogens (tertiary/aromatic N) is 1. The first kappa shape index (κ1) is 16.4. The molecule has 1 saturated heterocycles. The summed E-state index contributed by atoms with van der Waals surface area (Å²) in [5.41, 5.74) is -0.114. The van der Waals surface area contributed by atoms with Crippen LogP contribution in [0, 0.1) is 0 Å². The summed E-state index contributed by atoms with van der Waals surface area (Å²) in [5.74, 6) is -0.162. The number of likely N-dealkylation sites (N-methyl/N-ethyl adjacent to an activating group) is 1. The van der Waals surface area contributed by atoms with E-state index >= 15 is 0 Å². The highest BCUT2D eigenvalue weighted by atomic mass is 16.5. The Bertz CT molecular complexity index is 294. The number of carbonyl (C=O) groups excluding carboxylic acids is 1. The monoisotopic (exact) mass is 272 g/mol. The van der Waals surface area contributed by atoms with Crippen molar-refractivity contribution in [3.63, 3.8) is 0 Å². The van der Waals surface area contributed by atoms with Gasteiger partial charge in [0.1, 0.15) is 6.04 Å². The number of hydrogen-bond acceptors (Lipinski definition) is 5. The maximum atomic E-state index is 11.7. The predicted molar refractivity (Wildman–Crippen MR) is 75.2 cm³/mol. The van der Waals surface area contributed by atoms with Gasteiger partial charge in [-0.25, -0.2) is 0 Å². The van der Waals surface area contributed by atoms with Crippen LogP contribution in [0.4, 0.5) is 0 Å².